The summed E-state index contributed by atoms with van der Waals surface area (Å²) in [5, 5.41) is 15.7. The molecule has 0 spiro atoms. The van der Waals surface area contributed by atoms with Crippen LogP contribution >= 0.6 is 11.3 Å². The summed E-state index contributed by atoms with van der Waals surface area (Å²) in [6.45, 7) is 6.83. The van der Waals surface area contributed by atoms with Gasteiger partial charge in [0.05, 0.1) is 0 Å². The van der Waals surface area contributed by atoms with Crippen LogP contribution in [0.4, 0.5) is 0 Å². The van der Waals surface area contributed by atoms with Gasteiger partial charge in [-0.1, -0.05) is 19.9 Å². The molecule has 86 valence electrons. The van der Waals surface area contributed by atoms with E-state index in [0.717, 1.165) is 17.7 Å². The Morgan fingerprint density at radius 2 is 2.13 bits per heavy atom. The van der Waals surface area contributed by atoms with Crippen molar-refractivity contribution < 1.29 is 5.11 Å². The lowest BCUT2D eigenvalue weighted by molar-refractivity contribution is 0.0572. The van der Waals surface area contributed by atoms with E-state index in [2.05, 4.69) is 19.2 Å². The van der Waals surface area contributed by atoms with E-state index in [9.17, 15) is 5.11 Å². The van der Waals surface area contributed by atoms with Gasteiger partial charge in [0.15, 0.2) is 0 Å². The molecule has 1 aromatic heterocycles. The zero-order valence-corrected chi connectivity index (χ0v) is 10.6. The van der Waals surface area contributed by atoms with Gasteiger partial charge in [-0.2, -0.15) is 0 Å². The third-order valence-corrected chi connectivity index (χ3v) is 3.90. The summed E-state index contributed by atoms with van der Waals surface area (Å²) in [4.78, 5) is 1.03. The lowest BCUT2D eigenvalue weighted by Crippen LogP contribution is -2.39. The molecular formula is C12H21NOS. The summed E-state index contributed by atoms with van der Waals surface area (Å²) < 4.78 is 0. The zero-order valence-electron chi connectivity index (χ0n) is 9.79. The van der Waals surface area contributed by atoms with Crippen molar-refractivity contribution in [3.63, 3.8) is 0 Å². The van der Waals surface area contributed by atoms with Crippen LogP contribution in [0.3, 0.4) is 0 Å². The van der Waals surface area contributed by atoms with Crippen LogP contribution in [-0.4, -0.2) is 17.7 Å². The minimum Gasteiger partial charge on any atom is -0.383 e. The number of nitrogens with one attached hydrogen (secondary N) is 1. The first-order valence-corrected chi connectivity index (χ1v) is 6.47. The number of hydrogen-bond donors (Lipinski definition) is 2. The normalized spacial score (nSPS) is 15.5. The van der Waals surface area contributed by atoms with E-state index >= 15 is 0 Å². The molecule has 1 atom stereocenters. The Kier molecular flexibility index (Phi) is 4.77. The molecule has 0 bridgehead atoms. The topological polar surface area (TPSA) is 32.3 Å². The molecule has 3 heteroatoms. The quantitative estimate of drug-likeness (QED) is 0.783. The predicted molar refractivity (Wildman–Crippen MR) is 66.3 cm³/mol. The van der Waals surface area contributed by atoms with Crippen LogP contribution in [0.15, 0.2) is 17.5 Å². The largest absolute Gasteiger partial charge is 0.383 e. The zero-order chi connectivity index (χ0) is 11.3. The Morgan fingerprint density at radius 1 is 1.47 bits per heavy atom. The summed E-state index contributed by atoms with van der Waals surface area (Å²) in [5.41, 5.74) is -0.739. The van der Waals surface area contributed by atoms with Gasteiger partial charge in [0.25, 0.3) is 0 Å². The van der Waals surface area contributed by atoms with Crippen LogP contribution in [0.2, 0.25) is 0 Å². The second-order valence-electron chi connectivity index (χ2n) is 4.15. The predicted octanol–water partition coefficient (Wildman–Crippen LogP) is 2.73. The molecule has 0 aliphatic heterocycles. The minimum atomic E-state index is -0.739. The number of thiophene rings is 1. The highest BCUT2D eigenvalue weighted by molar-refractivity contribution is 7.10. The summed E-state index contributed by atoms with van der Waals surface area (Å²) >= 11 is 1.61. The molecule has 0 aromatic carbocycles. The van der Waals surface area contributed by atoms with Crippen molar-refractivity contribution in [2.45, 2.75) is 45.3 Å². The van der Waals surface area contributed by atoms with Crippen molar-refractivity contribution in [1.29, 1.82) is 0 Å². The van der Waals surface area contributed by atoms with E-state index in [1.807, 2.05) is 24.4 Å². The molecule has 0 saturated heterocycles. The average Bonchev–Trinajstić information content (AvgIpc) is 2.72. The molecule has 2 nitrogen and oxygen atoms in total. The third-order valence-electron chi connectivity index (χ3n) is 2.77. The van der Waals surface area contributed by atoms with Crippen molar-refractivity contribution in [3.8, 4) is 0 Å². The van der Waals surface area contributed by atoms with E-state index in [0.29, 0.717) is 12.6 Å². The molecule has 0 radical (unpaired) electrons. The van der Waals surface area contributed by atoms with E-state index in [1.54, 1.807) is 11.3 Å². The molecule has 0 amide bonds. The molecule has 0 aliphatic rings. The molecule has 1 aromatic rings. The molecule has 2 N–H and O–H groups in total. The van der Waals surface area contributed by atoms with Crippen LogP contribution in [-0.2, 0) is 5.60 Å². The Labute approximate surface area is 96.3 Å². The van der Waals surface area contributed by atoms with E-state index in [4.69, 9.17) is 0 Å². The van der Waals surface area contributed by atoms with Gasteiger partial charge in [-0.15, -0.1) is 11.3 Å². The fraction of sp³-hybridized carbons (Fsp3) is 0.667. The standard InChI is InChI=1S/C12H21NOS/c1-4-10(5-2)13-9-12(3,14)11-7-6-8-15-11/h6-8,10,13-14H,4-5,9H2,1-3H3. The molecule has 0 saturated carbocycles. The van der Waals surface area contributed by atoms with Crippen molar-refractivity contribution in [1.82, 2.24) is 5.32 Å². The fourth-order valence-corrected chi connectivity index (χ4v) is 2.38. The van der Waals surface area contributed by atoms with Gasteiger partial charge in [-0.05, 0) is 31.2 Å². The second-order valence-corrected chi connectivity index (χ2v) is 5.09. The first kappa shape index (κ1) is 12.7. The van der Waals surface area contributed by atoms with Gasteiger partial charge in [0, 0.05) is 17.5 Å². The van der Waals surface area contributed by atoms with Gasteiger partial charge in [-0.25, -0.2) is 0 Å². The van der Waals surface area contributed by atoms with Crippen LogP contribution in [0.1, 0.15) is 38.5 Å². The minimum absolute atomic E-state index is 0.511. The molecule has 1 unspecified atom stereocenters. The third kappa shape index (κ3) is 3.59. The van der Waals surface area contributed by atoms with Gasteiger partial charge >= 0.3 is 0 Å². The molecule has 0 aliphatic carbocycles. The molecule has 0 fully saturated rings. The van der Waals surface area contributed by atoms with Crippen molar-refractivity contribution in [3.05, 3.63) is 22.4 Å². The van der Waals surface area contributed by atoms with Crippen LogP contribution in [0.25, 0.3) is 0 Å². The lowest BCUT2D eigenvalue weighted by atomic mass is 10.0. The SMILES string of the molecule is CCC(CC)NCC(C)(O)c1cccs1. The van der Waals surface area contributed by atoms with Crippen LogP contribution in [0, 0.1) is 0 Å². The highest BCUT2D eigenvalue weighted by Crippen LogP contribution is 2.24. The van der Waals surface area contributed by atoms with Crippen LogP contribution < -0.4 is 5.32 Å². The van der Waals surface area contributed by atoms with E-state index in [1.165, 1.54) is 0 Å². The Morgan fingerprint density at radius 3 is 2.60 bits per heavy atom. The summed E-state index contributed by atoms with van der Waals surface area (Å²) in [6, 6.07) is 4.47. The van der Waals surface area contributed by atoms with Gasteiger partial charge in [-0.3, -0.25) is 0 Å². The lowest BCUT2D eigenvalue weighted by Gasteiger charge is -2.25. The first-order valence-electron chi connectivity index (χ1n) is 5.60. The summed E-state index contributed by atoms with van der Waals surface area (Å²) in [5.74, 6) is 0. The van der Waals surface area contributed by atoms with Gasteiger partial charge in [0.2, 0.25) is 0 Å². The highest BCUT2D eigenvalue weighted by Gasteiger charge is 2.24. The first-order chi connectivity index (χ1) is 7.10. The maximum Gasteiger partial charge on any atom is 0.108 e. The Hall–Kier alpha value is -0.380. The van der Waals surface area contributed by atoms with Crippen LogP contribution in [0.5, 0.6) is 0 Å². The molecular weight excluding hydrogens is 206 g/mol. The molecule has 15 heavy (non-hydrogen) atoms. The maximum absolute atomic E-state index is 10.3. The summed E-state index contributed by atoms with van der Waals surface area (Å²) in [7, 11) is 0. The van der Waals surface area contributed by atoms with E-state index < -0.39 is 5.60 Å². The molecule has 1 rings (SSSR count). The summed E-state index contributed by atoms with van der Waals surface area (Å²) in [6.07, 6.45) is 2.22. The fourth-order valence-electron chi connectivity index (χ4n) is 1.59. The van der Waals surface area contributed by atoms with Crippen molar-refractivity contribution in [2.75, 3.05) is 6.54 Å². The van der Waals surface area contributed by atoms with Gasteiger partial charge < -0.3 is 10.4 Å². The number of hydrogen-bond acceptors (Lipinski definition) is 3. The van der Waals surface area contributed by atoms with Crippen molar-refractivity contribution >= 4 is 11.3 Å². The average molecular weight is 227 g/mol. The second kappa shape index (κ2) is 5.64. The maximum atomic E-state index is 10.3. The Bertz CT molecular complexity index is 265. The smallest absolute Gasteiger partial charge is 0.108 e. The van der Waals surface area contributed by atoms with Crippen molar-refractivity contribution in [2.24, 2.45) is 0 Å². The number of rotatable bonds is 6. The monoisotopic (exact) mass is 227 g/mol. The number of aliphatic hydroxyl groups is 1. The Balaban J connectivity index is 2.50. The van der Waals surface area contributed by atoms with E-state index in [-0.39, 0.29) is 0 Å². The van der Waals surface area contributed by atoms with Gasteiger partial charge in [0.1, 0.15) is 5.60 Å². The highest BCUT2D eigenvalue weighted by atomic mass is 32.1. The molecule has 1 heterocycles.